The maximum absolute atomic E-state index is 13.5. The van der Waals surface area contributed by atoms with Gasteiger partial charge in [0.2, 0.25) is 5.91 Å². The van der Waals surface area contributed by atoms with E-state index in [4.69, 9.17) is 0 Å². The number of amides is 1. The van der Waals surface area contributed by atoms with Crippen LogP contribution in [0.2, 0.25) is 0 Å². The monoisotopic (exact) mass is 459 g/mol. The van der Waals surface area contributed by atoms with Crippen LogP contribution < -0.4 is 5.56 Å². The third-order valence-corrected chi connectivity index (χ3v) is 6.00. The van der Waals surface area contributed by atoms with Gasteiger partial charge in [0.05, 0.1) is 5.69 Å². The van der Waals surface area contributed by atoms with E-state index in [1.807, 2.05) is 103 Å². The Morgan fingerprint density at radius 1 is 0.686 bits per heavy atom. The van der Waals surface area contributed by atoms with Gasteiger partial charge in [-0.2, -0.15) is 5.10 Å². The summed E-state index contributed by atoms with van der Waals surface area (Å²) in [5.74, 6) is -0.164. The van der Waals surface area contributed by atoms with Crippen molar-refractivity contribution in [2.45, 2.75) is 19.6 Å². The Labute approximate surface area is 203 Å². The zero-order valence-corrected chi connectivity index (χ0v) is 19.2. The summed E-state index contributed by atoms with van der Waals surface area (Å²) in [6, 6.07) is 37.0. The lowest BCUT2D eigenvalue weighted by Gasteiger charge is -2.23. The van der Waals surface area contributed by atoms with E-state index in [0.29, 0.717) is 18.8 Å². The Morgan fingerprint density at radius 2 is 1.29 bits per heavy atom. The van der Waals surface area contributed by atoms with Crippen molar-refractivity contribution in [2.24, 2.45) is 0 Å². The molecule has 172 valence electrons. The number of rotatable bonds is 7. The van der Waals surface area contributed by atoms with Crippen LogP contribution in [0.15, 0.2) is 120 Å². The number of hydrogen-bond acceptors (Lipinski definition) is 3. The molecule has 0 aliphatic heterocycles. The topological polar surface area (TPSA) is 55.2 Å². The van der Waals surface area contributed by atoms with Crippen LogP contribution in [0.25, 0.3) is 22.0 Å². The minimum Gasteiger partial charge on any atom is -0.332 e. The average molecular weight is 460 g/mol. The van der Waals surface area contributed by atoms with Crippen LogP contribution in [0.5, 0.6) is 0 Å². The Hall–Kier alpha value is -4.51. The molecule has 5 aromatic rings. The number of carbonyl (C=O) groups is 1. The highest BCUT2D eigenvalue weighted by molar-refractivity contribution is 5.95. The third kappa shape index (κ3) is 5.20. The molecule has 0 saturated carbocycles. The van der Waals surface area contributed by atoms with Crippen molar-refractivity contribution in [3.05, 3.63) is 137 Å². The first kappa shape index (κ1) is 22.3. The number of fused-ring (bicyclic) bond motifs is 1. The minimum atomic E-state index is -0.304. The van der Waals surface area contributed by atoms with Gasteiger partial charge >= 0.3 is 0 Å². The van der Waals surface area contributed by atoms with Gasteiger partial charge in [0, 0.05) is 24.7 Å². The molecule has 35 heavy (non-hydrogen) atoms. The van der Waals surface area contributed by atoms with E-state index < -0.39 is 0 Å². The molecular formula is C30H25N3O2. The second-order valence-electron chi connectivity index (χ2n) is 8.46. The van der Waals surface area contributed by atoms with E-state index in [1.54, 1.807) is 11.0 Å². The van der Waals surface area contributed by atoms with Gasteiger partial charge in [-0.1, -0.05) is 103 Å². The number of hydrogen-bond donors (Lipinski definition) is 0. The van der Waals surface area contributed by atoms with Gasteiger partial charge in [-0.15, -0.1) is 0 Å². The first-order valence-electron chi connectivity index (χ1n) is 11.6. The van der Waals surface area contributed by atoms with Crippen molar-refractivity contribution in [1.82, 2.24) is 14.7 Å². The summed E-state index contributed by atoms with van der Waals surface area (Å²) < 4.78 is 1.27. The lowest BCUT2D eigenvalue weighted by Crippen LogP contribution is -2.36. The van der Waals surface area contributed by atoms with Crippen molar-refractivity contribution in [2.75, 3.05) is 0 Å². The lowest BCUT2D eigenvalue weighted by molar-refractivity contribution is -0.133. The van der Waals surface area contributed by atoms with Crippen molar-refractivity contribution < 1.29 is 4.79 Å². The summed E-state index contributed by atoms with van der Waals surface area (Å²) in [4.78, 5) is 27.9. The van der Waals surface area contributed by atoms with Crippen LogP contribution in [0.1, 0.15) is 11.1 Å². The molecule has 1 amide bonds. The van der Waals surface area contributed by atoms with Crippen LogP contribution >= 0.6 is 0 Å². The van der Waals surface area contributed by atoms with Gasteiger partial charge in [-0.25, -0.2) is 4.68 Å². The van der Waals surface area contributed by atoms with E-state index in [9.17, 15) is 9.59 Å². The van der Waals surface area contributed by atoms with Crippen LogP contribution in [-0.2, 0) is 24.4 Å². The summed E-state index contributed by atoms with van der Waals surface area (Å²) in [6.45, 7) is 0.774. The lowest BCUT2D eigenvalue weighted by atomic mass is 10.0. The summed E-state index contributed by atoms with van der Waals surface area (Å²) >= 11 is 0. The molecule has 0 N–H and O–H groups in total. The quantitative estimate of drug-likeness (QED) is 0.332. The van der Waals surface area contributed by atoms with E-state index in [1.165, 1.54) is 10.7 Å². The highest BCUT2D eigenvalue weighted by Gasteiger charge is 2.17. The normalized spacial score (nSPS) is 10.9. The first-order valence-corrected chi connectivity index (χ1v) is 11.6. The summed E-state index contributed by atoms with van der Waals surface area (Å²) in [5.41, 5.74) is 3.34. The Morgan fingerprint density at radius 3 is 1.97 bits per heavy atom. The molecule has 0 aliphatic carbocycles. The fourth-order valence-corrected chi connectivity index (χ4v) is 4.22. The molecule has 5 heteroatoms. The first-order chi connectivity index (χ1) is 17.2. The van der Waals surface area contributed by atoms with E-state index in [0.717, 1.165) is 27.5 Å². The number of aromatic nitrogens is 2. The maximum Gasteiger partial charge on any atom is 0.267 e. The molecule has 0 bridgehead atoms. The van der Waals surface area contributed by atoms with E-state index >= 15 is 0 Å². The fourth-order valence-electron chi connectivity index (χ4n) is 4.22. The minimum absolute atomic E-state index is 0.128. The van der Waals surface area contributed by atoms with Gasteiger partial charge in [0.25, 0.3) is 5.56 Å². The van der Waals surface area contributed by atoms with Crippen LogP contribution in [0.3, 0.4) is 0 Å². The molecule has 0 unspecified atom stereocenters. The van der Waals surface area contributed by atoms with Crippen molar-refractivity contribution in [3.8, 4) is 11.3 Å². The predicted molar refractivity (Wildman–Crippen MR) is 139 cm³/mol. The second-order valence-corrected chi connectivity index (χ2v) is 8.46. The molecule has 1 aromatic heterocycles. The van der Waals surface area contributed by atoms with Gasteiger partial charge < -0.3 is 4.90 Å². The van der Waals surface area contributed by atoms with Crippen molar-refractivity contribution >= 4 is 16.7 Å². The predicted octanol–water partition coefficient (Wildman–Crippen LogP) is 5.29. The second kappa shape index (κ2) is 10.2. The van der Waals surface area contributed by atoms with Crippen LogP contribution in [-0.4, -0.2) is 20.6 Å². The smallest absolute Gasteiger partial charge is 0.267 e. The molecular weight excluding hydrogens is 434 g/mol. The highest BCUT2D eigenvalue weighted by Crippen LogP contribution is 2.26. The number of benzene rings is 4. The summed E-state index contributed by atoms with van der Waals surface area (Å²) in [7, 11) is 0. The number of carbonyl (C=O) groups excluding carboxylic acids is 1. The standard InChI is InChI=1S/C30H25N3O2/c34-29-19-18-28(27-17-9-15-25-14-7-8-16-26(25)27)31-33(29)22-30(35)32(20-23-10-3-1-4-11-23)21-24-12-5-2-6-13-24/h1-19H,20-22H2. The van der Waals surface area contributed by atoms with E-state index in [2.05, 4.69) is 5.10 Å². The molecule has 0 fully saturated rings. The largest absolute Gasteiger partial charge is 0.332 e. The molecule has 0 radical (unpaired) electrons. The molecule has 5 rings (SSSR count). The molecule has 1 heterocycles. The summed E-state index contributed by atoms with van der Waals surface area (Å²) in [6.07, 6.45) is 0. The Bertz CT molecular complexity index is 1460. The van der Waals surface area contributed by atoms with Crippen LogP contribution in [0.4, 0.5) is 0 Å². The van der Waals surface area contributed by atoms with E-state index in [-0.39, 0.29) is 18.0 Å². The maximum atomic E-state index is 13.5. The van der Waals surface area contributed by atoms with Gasteiger partial charge in [0.15, 0.2) is 0 Å². The van der Waals surface area contributed by atoms with Gasteiger partial charge in [-0.05, 0) is 28.0 Å². The molecule has 0 saturated heterocycles. The SMILES string of the molecule is O=C(Cn1nc(-c2cccc3ccccc23)ccc1=O)N(Cc1ccccc1)Cc1ccccc1. The highest BCUT2D eigenvalue weighted by atomic mass is 16.2. The molecule has 0 spiro atoms. The summed E-state index contributed by atoms with van der Waals surface area (Å²) in [5, 5.41) is 6.73. The van der Waals surface area contributed by atoms with Crippen molar-refractivity contribution in [1.29, 1.82) is 0 Å². The zero-order chi connectivity index (χ0) is 24.0. The Kier molecular flexibility index (Phi) is 6.48. The van der Waals surface area contributed by atoms with Gasteiger partial charge in [-0.3, -0.25) is 9.59 Å². The van der Waals surface area contributed by atoms with Gasteiger partial charge in [0.1, 0.15) is 6.54 Å². The van der Waals surface area contributed by atoms with Crippen LogP contribution in [0, 0.1) is 0 Å². The Balaban J connectivity index is 1.45. The molecule has 5 nitrogen and oxygen atoms in total. The molecule has 0 atom stereocenters. The molecule has 0 aliphatic rings. The fraction of sp³-hybridized carbons (Fsp3) is 0.100. The molecule has 4 aromatic carbocycles. The van der Waals surface area contributed by atoms with Crippen molar-refractivity contribution in [3.63, 3.8) is 0 Å². The third-order valence-electron chi connectivity index (χ3n) is 6.00. The zero-order valence-electron chi connectivity index (χ0n) is 19.2. The average Bonchev–Trinajstić information content (AvgIpc) is 2.90. The number of nitrogens with zero attached hydrogens (tertiary/aromatic N) is 3.